The second kappa shape index (κ2) is 11.2. The zero-order valence-corrected chi connectivity index (χ0v) is 19.9. The minimum atomic E-state index is -1.10. The molecule has 1 atom stereocenters. The van der Waals surface area contributed by atoms with E-state index in [4.69, 9.17) is 4.74 Å². The van der Waals surface area contributed by atoms with E-state index in [0.29, 0.717) is 22.7 Å². The van der Waals surface area contributed by atoms with Crippen LogP contribution in [0.4, 0.5) is 15.8 Å². The van der Waals surface area contributed by atoms with Crippen LogP contribution in [0.15, 0.2) is 91.4 Å². The van der Waals surface area contributed by atoms with E-state index in [1.807, 2.05) is 19.1 Å². The van der Waals surface area contributed by atoms with E-state index in [2.05, 4.69) is 15.3 Å². The molecule has 2 amide bonds. The Kier molecular flexibility index (Phi) is 7.65. The van der Waals surface area contributed by atoms with Crippen LogP contribution in [0.1, 0.15) is 34.6 Å². The van der Waals surface area contributed by atoms with Crippen molar-refractivity contribution in [3.05, 3.63) is 114 Å². The zero-order chi connectivity index (χ0) is 25.5. The first-order valence-electron chi connectivity index (χ1n) is 11.4. The average molecular weight is 485 g/mol. The number of amides is 2. The fraction of sp³-hybridized carbons (Fsp3) is 0.143. The van der Waals surface area contributed by atoms with Crippen molar-refractivity contribution in [3.8, 4) is 5.75 Å². The lowest BCUT2D eigenvalue weighted by Crippen LogP contribution is -2.42. The number of hydrogen-bond donors (Lipinski definition) is 1. The van der Waals surface area contributed by atoms with Crippen LogP contribution in [-0.2, 0) is 11.2 Å². The van der Waals surface area contributed by atoms with E-state index < -0.39 is 23.7 Å². The molecule has 0 saturated carbocycles. The number of aryl methyl sites for hydroxylation is 1. The highest BCUT2D eigenvalue weighted by molar-refractivity contribution is 6.11. The quantitative estimate of drug-likeness (QED) is 0.371. The molecule has 8 heteroatoms. The van der Waals surface area contributed by atoms with Crippen molar-refractivity contribution in [2.75, 3.05) is 17.3 Å². The molecular weight excluding hydrogens is 459 g/mol. The lowest BCUT2D eigenvalue weighted by atomic mass is 10.0. The smallest absolute Gasteiger partial charge is 0.279 e. The van der Waals surface area contributed by atoms with Crippen LogP contribution >= 0.6 is 0 Å². The van der Waals surface area contributed by atoms with Gasteiger partial charge in [-0.1, -0.05) is 31.2 Å². The normalized spacial score (nSPS) is 11.4. The van der Waals surface area contributed by atoms with E-state index in [1.54, 1.807) is 36.4 Å². The van der Waals surface area contributed by atoms with E-state index in [0.717, 1.165) is 12.0 Å². The van der Waals surface area contributed by atoms with Gasteiger partial charge in [-0.15, -0.1) is 0 Å². The number of carbonyl (C=O) groups is 2. The summed E-state index contributed by atoms with van der Waals surface area (Å²) in [6.07, 6.45) is 5.07. The second-order valence-corrected chi connectivity index (χ2v) is 7.96. The van der Waals surface area contributed by atoms with Gasteiger partial charge in [-0.25, -0.2) is 9.37 Å². The number of benzene rings is 3. The Labute approximate surface area is 208 Å². The monoisotopic (exact) mass is 484 g/mol. The lowest BCUT2D eigenvalue weighted by molar-refractivity contribution is -0.117. The number of rotatable bonds is 8. The van der Waals surface area contributed by atoms with Crippen molar-refractivity contribution in [1.82, 2.24) is 9.97 Å². The van der Waals surface area contributed by atoms with Crippen molar-refractivity contribution >= 4 is 23.2 Å². The van der Waals surface area contributed by atoms with Crippen LogP contribution in [0.2, 0.25) is 0 Å². The Hall–Kier alpha value is -4.59. The van der Waals surface area contributed by atoms with E-state index in [-0.39, 0.29) is 5.69 Å². The molecule has 1 N–H and O–H groups in total. The highest BCUT2D eigenvalue weighted by Gasteiger charge is 2.34. The Morgan fingerprint density at radius 1 is 1.03 bits per heavy atom. The number of halogens is 1. The fourth-order valence-electron chi connectivity index (χ4n) is 3.78. The number of aromatic nitrogens is 2. The third-order valence-corrected chi connectivity index (χ3v) is 5.65. The van der Waals surface area contributed by atoms with Crippen molar-refractivity contribution < 1.29 is 18.7 Å². The molecule has 4 rings (SSSR count). The highest BCUT2D eigenvalue weighted by atomic mass is 19.1. The summed E-state index contributed by atoms with van der Waals surface area (Å²) in [4.78, 5) is 37.2. The van der Waals surface area contributed by atoms with Gasteiger partial charge in [-0.2, -0.15) is 0 Å². The molecule has 1 aromatic heterocycles. The molecule has 0 fully saturated rings. The molecule has 0 aliphatic rings. The molecule has 1 heterocycles. The molecule has 0 aliphatic heterocycles. The van der Waals surface area contributed by atoms with Crippen LogP contribution in [0.3, 0.4) is 0 Å². The minimum Gasteiger partial charge on any atom is -0.497 e. The first-order chi connectivity index (χ1) is 17.5. The first-order valence-corrected chi connectivity index (χ1v) is 11.4. The van der Waals surface area contributed by atoms with E-state index >= 15 is 0 Å². The Morgan fingerprint density at radius 2 is 1.78 bits per heavy atom. The summed E-state index contributed by atoms with van der Waals surface area (Å²) in [5.74, 6) is -0.894. The van der Waals surface area contributed by atoms with Gasteiger partial charge in [0.05, 0.1) is 13.3 Å². The molecule has 0 bridgehead atoms. The summed E-state index contributed by atoms with van der Waals surface area (Å²) in [6.45, 7) is 2.03. The molecule has 0 radical (unpaired) electrons. The third-order valence-electron chi connectivity index (χ3n) is 5.65. The van der Waals surface area contributed by atoms with Crippen molar-refractivity contribution in [3.63, 3.8) is 0 Å². The summed E-state index contributed by atoms with van der Waals surface area (Å²) in [6, 6.07) is 18.7. The predicted molar refractivity (Wildman–Crippen MR) is 135 cm³/mol. The summed E-state index contributed by atoms with van der Waals surface area (Å²) in [5, 5.41) is 2.81. The summed E-state index contributed by atoms with van der Waals surface area (Å²) in [7, 11) is 1.53. The minimum absolute atomic E-state index is 0.0829. The standard InChI is InChI=1S/C28H25FN4O3/c1-3-19-7-13-23(14-8-19)33(28(35)25-18-30-15-16-31-25)26(20-5-4-6-24(17-20)36-2)27(34)32-22-11-9-21(29)10-12-22/h4-18,26H,3H2,1-2H3,(H,32,34)/t26-/m0/s1. The molecule has 0 saturated heterocycles. The average Bonchev–Trinajstić information content (AvgIpc) is 2.93. The summed E-state index contributed by atoms with van der Waals surface area (Å²) < 4.78 is 18.8. The molecule has 182 valence electrons. The topological polar surface area (TPSA) is 84.4 Å². The number of anilines is 2. The fourth-order valence-corrected chi connectivity index (χ4v) is 3.78. The number of ether oxygens (including phenoxy) is 1. The van der Waals surface area contributed by atoms with Crippen LogP contribution in [0.5, 0.6) is 5.75 Å². The highest BCUT2D eigenvalue weighted by Crippen LogP contribution is 2.32. The van der Waals surface area contributed by atoms with Gasteiger partial charge in [-0.05, 0) is 66.1 Å². The number of nitrogens with zero attached hydrogens (tertiary/aromatic N) is 3. The molecule has 0 unspecified atom stereocenters. The molecule has 0 aliphatic carbocycles. The largest absolute Gasteiger partial charge is 0.497 e. The first kappa shape index (κ1) is 24.5. The zero-order valence-electron chi connectivity index (χ0n) is 19.9. The number of carbonyl (C=O) groups excluding carboxylic acids is 2. The Morgan fingerprint density at radius 3 is 2.42 bits per heavy atom. The van der Waals surface area contributed by atoms with Gasteiger partial charge in [0.1, 0.15) is 23.3 Å². The maximum absolute atomic E-state index is 13.8. The summed E-state index contributed by atoms with van der Waals surface area (Å²) in [5.41, 5.74) is 2.58. The van der Waals surface area contributed by atoms with Gasteiger partial charge in [0.15, 0.2) is 0 Å². The van der Waals surface area contributed by atoms with E-state index in [9.17, 15) is 14.0 Å². The maximum Gasteiger partial charge on any atom is 0.279 e. The van der Waals surface area contributed by atoms with Gasteiger partial charge in [0, 0.05) is 23.8 Å². The number of nitrogens with one attached hydrogen (secondary N) is 1. The molecule has 4 aromatic rings. The predicted octanol–water partition coefficient (Wildman–Crippen LogP) is 5.21. The van der Waals surface area contributed by atoms with E-state index in [1.165, 1.54) is 54.9 Å². The SMILES string of the molecule is CCc1ccc(N(C(=O)c2cnccn2)[C@H](C(=O)Nc2ccc(F)cc2)c2cccc(OC)c2)cc1. The van der Waals surface area contributed by atoms with Gasteiger partial charge in [0.2, 0.25) is 0 Å². The molecule has 0 spiro atoms. The van der Waals surface area contributed by atoms with Crippen molar-refractivity contribution in [1.29, 1.82) is 0 Å². The van der Waals surface area contributed by atoms with Gasteiger partial charge in [0.25, 0.3) is 11.8 Å². The Bertz CT molecular complexity index is 1330. The van der Waals surface area contributed by atoms with Crippen molar-refractivity contribution in [2.45, 2.75) is 19.4 Å². The molecule has 3 aromatic carbocycles. The molecule has 7 nitrogen and oxygen atoms in total. The molecular formula is C28H25FN4O3. The lowest BCUT2D eigenvalue weighted by Gasteiger charge is -2.31. The van der Waals surface area contributed by atoms with Crippen LogP contribution in [0, 0.1) is 5.82 Å². The summed E-state index contributed by atoms with van der Waals surface area (Å²) >= 11 is 0. The second-order valence-electron chi connectivity index (χ2n) is 7.96. The van der Waals surface area contributed by atoms with Crippen LogP contribution in [0.25, 0.3) is 0 Å². The maximum atomic E-state index is 13.8. The number of hydrogen-bond acceptors (Lipinski definition) is 5. The van der Waals surface area contributed by atoms with Crippen LogP contribution < -0.4 is 15.0 Å². The third kappa shape index (κ3) is 5.55. The van der Waals surface area contributed by atoms with Gasteiger partial charge < -0.3 is 10.1 Å². The van der Waals surface area contributed by atoms with Gasteiger partial charge in [-0.3, -0.25) is 19.5 Å². The molecule has 36 heavy (non-hydrogen) atoms. The number of methoxy groups -OCH3 is 1. The van der Waals surface area contributed by atoms with Gasteiger partial charge >= 0.3 is 0 Å². The Balaban J connectivity index is 1.85. The van der Waals surface area contributed by atoms with Crippen molar-refractivity contribution in [2.24, 2.45) is 0 Å². The van der Waals surface area contributed by atoms with Crippen LogP contribution in [-0.4, -0.2) is 28.9 Å².